The molecule has 1 atom stereocenters. The third kappa shape index (κ3) is 3.35. The fraction of sp³-hybridized carbons (Fsp3) is 0.250. The highest BCUT2D eigenvalue weighted by Crippen LogP contribution is 2.25. The Morgan fingerprint density at radius 1 is 0.882 bits per heavy atom. The molecule has 88 valence electrons. The molecule has 0 saturated heterocycles. The normalized spacial score (nSPS) is 12.1. The van der Waals surface area contributed by atoms with Gasteiger partial charge in [-0.1, -0.05) is 61.9 Å². The molecule has 0 saturated carbocycles. The Labute approximate surface area is 103 Å². The summed E-state index contributed by atoms with van der Waals surface area (Å²) in [6, 6.07) is 20.4. The molecule has 0 N–H and O–H groups in total. The van der Waals surface area contributed by atoms with Crippen LogP contribution >= 0.6 is 0 Å². The minimum absolute atomic E-state index is 0.156. The average molecular weight is 226 g/mol. The van der Waals surface area contributed by atoms with Crippen molar-refractivity contribution in [3.05, 3.63) is 66.2 Å². The van der Waals surface area contributed by atoms with Gasteiger partial charge in [-0.05, 0) is 24.1 Å². The molecule has 2 aromatic rings. The van der Waals surface area contributed by atoms with E-state index in [1.54, 1.807) is 0 Å². The van der Waals surface area contributed by atoms with Gasteiger partial charge < -0.3 is 4.74 Å². The highest BCUT2D eigenvalue weighted by Gasteiger charge is 2.11. The van der Waals surface area contributed by atoms with Crippen molar-refractivity contribution in [3.63, 3.8) is 0 Å². The third-order valence-corrected chi connectivity index (χ3v) is 2.74. The summed E-state index contributed by atoms with van der Waals surface area (Å²) >= 11 is 0. The summed E-state index contributed by atoms with van der Waals surface area (Å²) in [7, 11) is 0. The molecule has 0 fully saturated rings. The van der Waals surface area contributed by atoms with Crippen molar-refractivity contribution in [1.82, 2.24) is 0 Å². The number of ether oxygens (including phenoxy) is 1. The summed E-state index contributed by atoms with van der Waals surface area (Å²) in [6.07, 6.45) is 2.31. The summed E-state index contributed by atoms with van der Waals surface area (Å²) in [4.78, 5) is 0. The molecule has 0 aliphatic rings. The Morgan fingerprint density at radius 2 is 1.47 bits per heavy atom. The van der Waals surface area contributed by atoms with E-state index in [9.17, 15) is 0 Å². The molecule has 0 unspecified atom stereocenters. The molecule has 0 amide bonds. The molecule has 0 aliphatic heterocycles. The first kappa shape index (κ1) is 11.7. The molecule has 0 radical (unpaired) electrons. The number of para-hydroxylation sites is 1. The molecule has 0 heterocycles. The van der Waals surface area contributed by atoms with Gasteiger partial charge in [-0.25, -0.2) is 0 Å². The molecule has 1 nitrogen and oxygen atoms in total. The van der Waals surface area contributed by atoms with E-state index in [4.69, 9.17) is 4.74 Å². The van der Waals surface area contributed by atoms with Crippen LogP contribution in [0.3, 0.4) is 0 Å². The van der Waals surface area contributed by atoms with Gasteiger partial charge in [-0.2, -0.15) is 0 Å². The van der Waals surface area contributed by atoms with Crippen LogP contribution in [0, 0.1) is 0 Å². The fourth-order valence-electron chi connectivity index (χ4n) is 1.89. The van der Waals surface area contributed by atoms with E-state index in [2.05, 4.69) is 31.2 Å². The second-order valence-corrected chi connectivity index (χ2v) is 4.12. The molecule has 1 heteroatoms. The zero-order valence-corrected chi connectivity index (χ0v) is 10.2. The van der Waals surface area contributed by atoms with Crippen LogP contribution in [-0.2, 0) is 0 Å². The largest absolute Gasteiger partial charge is 0.486 e. The first-order valence-corrected chi connectivity index (χ1v) is 6.17. The molecule has 0 aliphatic carbocycles. The first-order chi connectivity index (χ1) is 8.40. The molecule has 2 rings (SSSR count). The molecule has 17 heavy (non-hydrogen) atoms. The lowest BCUT2D eigenvalue weighted by Gasteiger charge is -2.19. The van der Waals surface area contributed by atoms with E-state index in [0.717, 1.165) is 18.6 Å². The Bertz CT molecular complexity index is 422. The molecule has 0 aromatic heterocycles. The van der Waals surface area contributed by atoms with Crippen LogP contribution in [0.1, 0.15) is 31.4 Å². The van der Waals surface area contributed by atoms with Crippen LogP contribution in [0.4, 0.5) is 0 Å². The summed E-state index contributed by atoms with van der Waals surface area (Å²) < 4.78 is 6.04. The highest BCUT2D eigenvalue weighted by atomic mass is 16.5. The number of rotatable bonds is 5. The van der Waals surface area contributed by atoms with Crippen LogP contribution in [-0.4, -0.2) is 0 Å². The summed E-state index contributed by atoms with van der Waals surface area (Å²) in [5, 5.41) is 0. The van der Waals surface area contributed by atoms with E-state index in [-0.39, 0.29) is 6.10 Å². The Balaban J connectivity index is 2.13. The molecular formula is C16H18O. The quantitative estimate of drug-likeness (QED) is 0.723. The third-order valence-electron chi connectivity index (χ3n) is 2.74. The number of benzene rings is 2. The monoisotopic (exact) mass is 226 g/mol. The predicted octanol–water partition coefficient (Wildman–Crippen LogP) is 4.61. The minimum atomic E-state index is 0.156. The van der Waals surface area contributed by atoms with Gasteiger partial charge in [0.05, 0.1) is 0 Å². The van der Waals surface area contributed by atoms with Gasteiger partial charge in [0.15, 0.2) is 0 Å². The fourth-order valence-corrected chi connectivity index (χ4v) is 1.89. The maximum absolute atomic E-state index is 6.04. The van der Waals surface area contributed by atoms with Crippen molar-refractivity contribution in [2.24, 2.45) is 0 Å². The lowest BCUT2D eigenvalue weighted by molar-refractivity contribution is 0.194. The minimum Gasteiger partial charge on any atom is -0.486 e. The maximum atomic E-state index is 6.04. The van der Waals surface area contributed by atoms with Gasteiger partial charge in [-0.3, -0.25) is 0 Å². The van der Waals surface area contributed by atoms with Gasteiger partial charge >= 0.3 is 0 Å². The molecule has 0 spiro atoms. The smallest absolute Gasteiger partial charge is 0.124 e. The average Bonchev–Trinajstić information content (AvgIpc) is 2.40. The van der Waals surface area contributed by atoms with Gasteiger partial charge in [0, 0.05) is 0 Å². The van der Waals surface area contributed by atoms with Gasteiger partial charge in [0.2, 0.25) is 0 Å². The van der Waals surface area contributed by atoms with Gasteiger partial charge in [0.1, 0.15) is 11.9 Å². The van der Waals surface area contributed by atoms with Crippen LogP contribution in [0.5, 0.6) is 5.75 Å². The Morgan fingerprint density at radius 3 is 2.06 bits per heavy atom. The summed E-state index contributed by atoms with van der Waals surface area (Å²) in [5.41, 5.74) is 1.25. The van der Waals surface area contributed by atoms with Crippen molar-refractivity contribution in [2.75, 3.05) is 0 Å². The second-order valence-electron chi connectivity index (χ2n) is 4.12. The Hall–Kier alpha value is -1.76. The lowest BCUT2D eigenvalue weighted by Crippen LogP contribution is -2.07. The molecule has 0 bridgehead atoms. The van der Waals surface area contributed by atoms with Crippen molar-refractivity contribution in [1.29, 1.82) is 0 Å². The maximum Gasteiger partial charge on any atom is 0.124 e. The lowest BCUT2D eigenvalue weighted by atomic mass is 10.1. The zero-order chi connectivity index (χ0) is 11.9. The molecular weight excluding hydrogens is 208 g/mol. The predicted molar refractivity (Wildman–Crippen MR) is 71.2 cm³/mol. The standard InChI is InChI=1S/C16H18O/c1-2-9-16(14-10-5-3-6-11-14)17-15-12-7-4-8-13-15/h3-8,10-13,16H,2,9H2,1H3/t16-/m1/s1. The van der Waals surface area contributed by atoms with Gasteiger partial charge in [0.25, 0.3) is 0 Å². The second kappa shape index (κ2) is 6.09. The molecule has 2 aromatic carbocycles. The Kier molecular flexibility index (Phi) is 4.20. The SMILES string of the molecule is CCC[C@@H](Oc1ccccc1)c1ccccc1. The highest BCUT2D eigenvalue weighted by molar-refractivity contribution is 5.24. The zero-order valence-electron chi connectivity index (χ0n) is 10.2. The van der Waals surface area contributed by atoms with Crippen LogP contribution in [0.25, 0.3) is 0 Å². The van der Waals surface area contributed by atoms with Gasteiger partial charge in [-0.15, -0.1) is 0 Å². The van der Waals surface area contributed by atoms with E-state index in [0.29, 0.717) is 0 Å². The van der Waals surface area contributed by atoms with E-state index in [1.807, 2.05) is 36.4 Å². The summed E-state index contributed by atoms with van der Waals surface area (Å²) in [6.45, 7) is 2.18. The number of hydrogen-bond acceptors (Lipinski definition) is 1. The van der Waals surface area contributed by atoms with Crippen LogP contribution in [0.2, 0.25) is 0 Å². The first-order valence-electron chi connectivity index (χ1n) is 6.17. The van der Waals surface area contributed by atoms with Crippen molar-refractivity contribution < 1.29 is 4.74 Å². The van der Waals surface area contributed by atoms with E-state index >= 15 is 0 Å². The van der Waals surface area contributed by atoms with Crippen molar-refractivity contribution in [3.8, 4) is 5.75 Å². The van der Waals surface area contributed by atoms with E-state index in [1.165, 1.54) is 5.56 Å². The van der Waals surface area contributed by atoms with Crippen molar-refractivity contribution in [2.45, 2.75) is 25.9 Å². The van der Waals surface area contributed by atoms with Crippen molar-refractivity contribution >= 4 is 0 Å². The van der Waals surface area contributed by atoms with Crippen LogP contribution < -0.4 is 4.74 Å². The van der Waals surface area contributed by atoms with Crippen LogP contribution in [0.15, 0.2) is 60.7 Å². The van der Waals surface area contributed by atoms with E-state index < -0.39 is 0 Å². The summed E-state index contributed by atoms with van der Waals surface area (Å²) in [5.74, 6) is 0.940. The topological polar surface area (TPSA) is 9.23 Å². The number of hydrogen-bond donors (Lipinski definition) is 0.